The van der Waals surface area contributed by atoms with Crippen LogP contribution in [0.15, 0.2) is 85.1 Å². The van der Waals surface area contributed by atoms with Crippen LogP contribution in [-0.2, 0) is 28.6 Å². The Kier molecular flexibility index (Phi) is 41.6. The van der Waals surface area contributed by atoms with E-state index in [0.717, 1.165) is 128 Å². The highest BCUT2D eigenvalue weighted by atomic mass is 16.6. The molecule has 1 atom stereocenters. The molecule has 0 fully saturated rings. The third-order valence-electron chi connectivity index (χ3n) is 9.11. The summed E-state index contributed by atoms with van der Waals surface area (Å²) in [7, 11) is 0. The first-order valence-electron chi connectivity index (χ1n) is 22.6. The maximum absolute atomic E-state index is 12.7. The van der Waals surface area contributed by atoms with E-state index in [0.29, 0.717) is 19.3 Å². The van der Waals surface area contributed by atoms with E-state index in [1.54, 1.807) is 0 Å². The van der Waals surface area contributed by atoms with Crippen molar-refractivity contribution in [2.45, 2.75) is 200 Å². The van der Waals surface area contributed by atoms with Gasteiger partial charge < -0.3 is 14.2 Å². The van der Waals surface area contributed by atoms with Crippen LogP contribution in [0, 0.1) is 0 Å². The molecule has 0 bridgehead atoms. The topological polar surface area (TPSA) is 78.9 Å². The number of hydrogen-bond acceptors (Lipinski definition) is 6. The maximum Gasteiger partial charge on any atom is 0.306 e. The molecule has 6 nitrogen and oxygen atoms in total. The molecule has 0 spiro atoms. The van der Waals surface area contributed by atoms with Gasteiger partial charge in [0.1, 0.15) is 13.2 Å². The van der Waals surface area contributed by atoms with Gasteiger partial charge >= 0.3 is 17.9 Å². The highest BCUT2D eigenvalue weighted by molar-refractivity contribution is 5.71. The number of hydrogen-bond donors (Lipinski definition) is 0. The minimum atomic E-state index is -0.793. The Bertz CT molecular complexity index is 1120. The van der Waals surface area contributed by atoms with E-state index in [1.807, 2.05) is 0 Å². The van der Waals surface area contributed by atoms with Gasteiger partial charge in [0.15, 0.2) is 6.10 Å². The summed E-state index contributed by atoms with van der Waals surface area (Å²) in [5.41, 5.74) is 0. The minimum absolute atomic E-state index is 0.0944. The molecular formula is C50H82O6. The van der Waals surface area contributed by atoms with E-state index >= 15 is 0 Å². The SMILES string of the molecule is CC/C=C\C/C=C\C/C=C\C/C=C\C/C=C\CCCCCC(=O)OCC(COC(=O)CCCCCCCC)OC(=O)CCCCCCC/C=C\C/C=C\CCC. The lowest BCUT2D eigenvalue weighted by molar-refractivity contribution is -0.167. The molecule has 0 N–H and O–H groups in total. The highest BCUT2D eigenvalue weighted by Crippen LogP contribution is 2.12. The number of allylic oxidation sites excluding steroid dienone is 14. The molecule has 0 aromatic carbocycles. The second kappa shape index (κ2) is 44.3. The molecule has 318 valence electrons. The molecule has 0 amide bonds. The smallest absolute Gasteiger partial charge is 0.306 e. The number of rotatable bonds is 39. The zero-order chi connectivity index (χ0) is 40.8. The van der Waals surface area contributed by atoms with E-state index in [2.05, 4.69) is 106 Å². The van der Waals surface area contributed by atoms with Crippen molar-refractivity contribution in [3.05, 3.63) is 85.1 Å². The van der Waals surface area contributed by atoms with E-state index in [-0.39, 0.29) is 31.1 Å². The summed E-state index contributed by atoms with van der Waals surface area (Å²) >= 11 is 0. The molecule has 0 heterocycles. The van der Waals surface area contributed by atoms with Crippen molar-refractivity contribution in [1.82, 2.24) is 0 Å². The first-order valence-corrected chi connectivity index (χ1v) is 22.6. The number of carbonyl (C=O) groups excluding carboxylic acids is 3. The molecule has 0 aromatic rings. The van der Waals surface area contributed by atoms with Crippen LogP contribution >= 0.6 is 0 Å². The van der Waals surface area contributed by atoms with Crippen molar-refractivity contribution in [1.29, 1.82) is 0 Å². The van der Waals surface area contributed by atoms with E-state index in [1.165, 1.54) is 25.7 Å². The molecule has 6 heteroatoms. The third kappa shape index (κ3) is 41.7. The predicted molar refractivity (Wildman–Crippen MR) is 237 cm³/mol. The maximum atomic E-state index is 12.7. The monoisotopic (exact) mass is 779 g/mol. The molecule has 0 rings (SSSR count). The van der Waals surface area contributed by atoms with Gasteiger partial charge in [-0.2, -0.15) is 0 Å². The summed E-state index contributed by atoms with van der Waals surface area (Å²) in [6, 6.07) is 0. The molecule has 0 aliphatic heterocycles. The fourth-order valence-electron chi connectivity index (χ4n) is 5.74. The van der Waals surface area contributed by atoms with E-state index in [9.17, 15) is 14.4 Å². The number of carbonyl (C=O) groups is 3. The summed E-state index contributed by atoms with van der Waals surface area (Å²) in [6.07, 6.45) is 55.8. The van der Waals surface area contributed by atoms with Crippen LogP contribution in [0.1, 0.15) is 194 Å². The van der Waals surface area contributed by atoms with Crippen LogP contribution in [0.25, 0.3) is 0 Å². The molecule has 1 unspecified atom stereocenters. The zero-order valence-corrected chi connectivity index (χ0v) is 36.1. The van der Waals surface area contributed by atoms with Gasteiger partial charge in [0.05, 0.1) is 0 Å². The predicted octanol–water partition coefficient (Wildman–Crippen LogP) is 14.5. The van der Waals surface area contributed by atoms with Crippen LogP contribution in [0.5, 0.6) is 0 Å². The molecule has 0 saturated carbocycles. The summed E-state index contributed by atoms with van der Waals surface area (Å²) in [6.45, 7) is 6.33. The Balaban J connectivity index is 4.36. The molecule has 0 aromatic heterocycles. The van der Waals surface area contributed by atoms with Gasteiger partial charge in [-0.3, -0.25) is 14.4 Å². The highest BCUT2D eigenvalue weighted by Gasteiger charge is 2.19. The standard InChI is InChI=1S/C50H82O6/c1-4-7-10-13-16-18-20-22-23-24-25-26-27-29-30-32-34-37-40-43-49(52)55-46-47(45-54-48(51)42-39-36-15-12-9-6-3)56-50(53)44-41-38-35-33-31-28-21-19-17-14-11-8-5-2/h7,10-11,14,16,18-19,21-23,25-26,29-30,47H,4-6,8-9,12-13,15,17,20,24,27-28,31-46H2,1-3H3/b10-7-,14-11-,18-16-,21-19-,23-22-,26-25-,30-29-. The Hall–Kier alpha value is -3.41. The van der Waals surface area contributed by atoms with Gasteiger partial charge in [0, 0.05) is 19.3 Å². The van der Waals surface area contributed by atoms with Crippen LogP contribution < -0.4 is 0 Å². The summed E-state index contributed by atoms with van der Waals surface area (Å²) in [5.74, 6) is -0.961. The molecule has 0 aliphatic carbocycles. The Labute approximate surface area is 344 Å². The zero-order valence-electron chi connectivity index (χ0n) is 36.1. The van der Waals surface area contributed by atoms with Gasteiger partial charge in [0.25, 0.3) is 0 Å². The van der Waals surface area contributed by atoms with Crippen LogP contribution in [0.4, 0.5) is 0 Å². The van der Waals surface area contributed by atoms with Gasteiger partial charge in [-0.05, 0) is 89.9 Å². The number of esters is 3. The van der Waals surface area contributed by atoms with Gasteiger partial charge in [0.2, 0.25) is 0 Å². The Morgan fingerprint density at radius 3 is 1.18 bits per heavy atom. The lowest BCUT2D eigenvalue weighted by Gasteiger charge is -2.18. The summed E-state index contributed by atoms with van der Waals surface area (Å²) in [5, 5.41) is 0. The van der Waals surface area contributed by atoms with Crippen molar-refractivity contribution in [2.24, 2.45) is 0 Å². The Morgan fingerprint density at radius 2 is 0.732 bits per heavy atom. The molecule has 0 aliphatic rings. The van der Waals surface area contributed by atoms with Crippen molar-refractivity contribution in [3.63, 3.8) is 0 Å². The van der Waals surface area contributed by atoms with E-state index < -0.39 is 6.10 Å². The van der Waals surface area contributed by atoms with Gasteiger partial charge in [-0.25, -0.2) is 0 Å². The first kappa shape index (κ1) is 52.6. The van der Waals surface area contributed by atoms with Crippen molar-refractivity contribution in [3.8, 4) is 0 Å². The Morgan fingerprint density at radius 1 is 0.375 bits per heavy atom. The minimum Gasteiger partial charge on any atom is -0.462 e. The lowest BCUT2D eigenvalue weighted by atomic mass is 10.1. The summed E-state index contributed by atoms with van der Waals surface area (Å²) < 4.78 is 16.6. The molecule has 0 saturated heterocycles. The van der Waals surface area contributed by atoms with Gasteiger partial charge in [-0.1, -0.05) is 170 Å². The third-order valence-corrected chi connectivity index (χ3v) is 9.11. The van der Waals surface area contributed by atoms with Gasteiger partial charge in [-0.15, -0.1) is 0 Å². The van der Waals surface area contributed by atoms with Crippen molar-refractivity contribution in [2.75, 3.05) is 13.2 Å². The summed E-state index contributed by atoms with van der Waals surface area (Å²) in [4.78, 5) is 37.5. The normalized spacial score (nSPS) is 12.8. The first-order chi connectivity index (χ1) is 27.5. The quantitative estimate of drug-likeness (QED) is 0.0268. The molecule has 0 radical (unpaired) electrons. The number of ether oxygens (including phenoxy) is 3. The van der Waals surface area contributed by atoms with Crippen molar-refractivity contribution >= 4 is 17.9 Å². The second-order valence-corrected chi connectivity index (χ2v) is 14.6. The fraction of sp³-hybridized carbons (Fsp3) is 0.660. The average molecular weight is 779 g/mol. The average Bonchev–Trinajstić information content (AvgIpc) is 3.19. The second-order valence-electron chi connectivity index (χ2n) is 14.6. The van der Waals surface area contributed by atoms with Crippen molar-refractivity contribution < 1.29 is 28.6 Å². The van der Waals surface area contributed by atoms with Crippen LogP contribution in [-0.4, -0.2) is 37.2 Å². The van der Waals surface area contributed by atoms with E-state index in [4.69, 9.17) is 14.2 Å². The largest absolute Gasteiger partial charge is 0.462 e. The fourth-order valence-corrected chi connectivity index (χ4v) is 5.74. The van der Waals surface area contributed by atoms with Crippen LogP contribution in [0.2, 0.25) is 0 Å². The molecule has 56 heavy (non-hydrogen) atoms. The lowest BCUT2D eigenvalue weighted by Crippen LogP contribution is -2.30. The molecular weight excluding hydrogens is 697 g/mol. The number of unbranched alkanes of at least 4 members (excludes halogenated alkanes) is 14. The van der Waals surface area contributed by atoms with Crippen LogP contribution in [0.3, 0.4) is 0 Å².